The summed E-state index contributed by atoms with van der Waals surface area (Å²) in [6.07, 6.45) is 0. The maximum atomic E-state index is 6.46. The third-order valence-electron chi connectivity index (χ3n) is 4.45. The first kappa shape index (κ1) is 19.3. The van der Waals surface area contributed by atoms with Gasteiger partial charge >= 0.3 is 6.01 Å². The van der Waals surface area contributed by atoms with Crippen LogP contribution in [-0.4, -0.2) is 30.4 Å². The third kappa shape index (κ3) is 3.77. The zero-order chi connectivity index (χ0) is 20.4. The molecule has 150 valence electrons. The molecule has 0 fully saturated rings. The van der Waals surface area contributed by atoms with Crippen LogP contribution < -0.4 is 10.6 Å². The topological polar surface area (TPSA) is 84.2 Å². The van der Waals surface area contributed by atoms with Gasteiger partial charge in [0.25, 0.3) is 0 Å². The summed E-state index contributed by atoms with van der Waals surface area (Å²) in [4.78, 5) is 19.9. The first-order chi connectivity index (χ1) is 14.1. The van der Waals surface area contributed by atoms with Crippen LogP contribution >= 0.6 is 11.6 Å². The molecule has 8 nitrogen and oxygen atoms in total. The van der Waals surface area contributed by atoms with Crippen LogP contribution in [0.25, 0.3) is 11.1 Å². The lowest BCUT2D eigenvalue weighted by molar-refractivity contribution is -0.321. The number of aromatic nitrogens is 1. The molecule has 1 unspecified atom stereocenters. The van der Waals surface area contributed by atoms with Gasteiger partial charge in [-0.1, -0.05) is 41.9 Å². The molecule has 29 heavy (non-hydrogen) atoms. The molecule has 2 heterocycles. The number of hydrogen-bond acceptors (Lipinski definition) is 8. The van der Waals surface area contributed by atoms with Gasteiger partial charge in [0.2, 0.25) is 5.96 Å². The van der Waals surface area contributed by atoms with Crippen molar-refractivity contribution < 1.29 is 14.1 Å². The molecule has 1 aromatic heterocycles. The highest BCUT2D eigenvalue weighted by atomic mass is 35.5. The summed E-state index contributed by atoms with van der Waals surface area (Å²) in [5.41, 5.74) is 3.69. The SMILES string of the molecule is CON(OC)C1=C(C)NC(Nc2nc3ccccc3o2)=NC1c1ccccc1Cl. The summed E-state index contributed by atoms with van der Waals surface area (Å²) < 4.78 is 5.74. The van der Waals surface area contributed by atoms with Gasteiger partial charge in [-0.3, -0.25) is 15.0 Å². The normalized spacial score (nSPS) is 16.6. The lowest BCUT2D eigenvalue weighted by Gasteiger charge is -2.32. The predicted molar refractivity (Wildman–Crippen MR) is 111 cm³/mol. The van der Waals surface area contributed by atoms with Crippen LogP contribution in [0.4, 0.5) is 6.01 Å². The molecule has 2 N–H and O–H groups in total. The van der Waals surface area contributed by atoms with E-state index in [-0.39, 0.29) is 0 Å². The van der Waals surface area contributed by atoms with Crippen molar-refractivity contribution in [3.05, 3.63) is 70.5 Å². The van der Waals surface area contributed by atoms with Gasteiger partial charge in [-0.2, -0.15) is 4.98 Å². The van der Waals surface area contributed by atoms with Crippen molar-refractivity contribution in [2.75, 3.05) is 19.5 Å². The molecule has 0 spiro atoms. The monoisotopic (exact) mass is 413 g/mol. The number of oxazole rings is 1. The van der Waals surface area contributed by atoms with E-state index in [1.54, 1.807) is 0 Å². The van der Waals surface area contributed by atoms with Gasteiger partial charge < -0.3 is 9.73 Å². The fraction of sp³-hybridized carbons (Fsp3) is 0.200. The Labute approximate surface area is 172 Å². The molecule has 1 aliphatic rings. The van der Waals surface area contributed by atoms with Crippen molar-refractivity contribution in [1.82, 2.24) is 15.5 Å². The number of halogens is 1. The number of anilines is 1. The summed E-state index contributed by atoms with van der Waals surface area (Å²) in [5.74, 6) is 0.467. The molecule has 1 aliphatic heterocycles. The lowest BCUT2D eigenvalue weighted by atomic mass is 10.0. The van der Waals surface area contributed by atoms with Crippen molar-refractivity contribution >= 4 is 34.7 Å². The third-order valence-corrected chi connectivity index (χ3v) is 4.80. The number of hydroxylamine groups is 2. The summed E-state index contributed by atoms with van der Waals surface area (Å²) in [6, 6.07) is 14.9. The summed E-state index contributed by atoms with van der Waals surface area (Å²) in [5, 5.41) is 8.19. The largest absolute Gasteiger partial charge is 0.423 e. The molecular formula is C20H20ClN5O3. The maximum Gasteiger partial charge on any atom is 0.302 e. The van der Waals surface area contributed by atoms with Crippen molar-refractivity contribution in [3.63, 3.8) is 0 Å². The van der Waals surface area contributed by atoms with Crippen LogP contribution in [0.1, 0.15) is 18.5 Å². The van der Waals surface area contributed by atoms with E-state index in [1.165, 1.54) is 19.4 Å². The minimum Gasteiger partial charge on any atom is -0.423 e. The second-order valence-electron chi connectivity index (χ2n) is 6.27. The molecule has 0 radical (unpaired) electrons. The van der Waals surface area contributed by atoms with E-state index in [4.69, 9.17) is 30.7 Å². The Kier molecular flexibility index (Phi) is 5.39. The van der Waals surface area contributed by atoms with E-state index in [0.29, 0.717) is 28.3 Å². The van der Waals surface area contributed by atoms with Crippen LogP contribution in [-0.2, 0) is 9.68 Å². The first-order valence-electron chi connectivity index (χ1n) is 8.91. The first-order valence-corrected chi connectivity index (χ1v) is 9.29. The summed E-state index contributed by atoms with van der Waals surface area (Å²) in [6.45, 7) is 1.90. The number of allylic oxidation sites excluding steroid dienone is 1. The zero-order valence-corrected chi connectivity index (χ0v) is 16.9. The number of guanidine groups is 1. The number of para-hydroxylation sites is 2. The second-order valence-corrected chi connectivity index (χ2v) is 6.68. The van der Waals surface area contributed by atoms with Crippen molar-refractivity contribution in [1.29, 1.82) is 0 Å². The average molecular weight is 414 g/mol. The van der Waals surface area contributed by atoms with Crippen molar-refractivity contribution in [2.24, 2.45) is 4.99 Å². The minimum atomic E-state index is -0.475. The predicted octanol–water partition coefficient (Wildman–Crippen LogP) is 4.25. The number of hydrogen-bond donors (Lipinski definition) is 2. The van der Waals surface area contributed by atoms with Crippen LogP contribution in [0, 0.1) is 0 Å². The van der Waals surface area contributed by atoms with Gasteiger partial charge in [0.1, 0.15) is 17.3 Å². The summed E-state index contributed by atoms with van der Waals surface area (Å²) >= 11 is 6.46. The number of benzene rings is 2. The number of nitrogens with zero attached hydrogens (tertiary/aromatic N) is 3. The Morgan fingerprint density at radius 3 is 2.55 bits per heavy atom. The molecule has 0 saturated carbocycles. The van der Waals surface area contributed by atoms with E-state index in [0.717, 1.165) is 16.8 Å². The Hall–Kier alpha value is -3.07. The maximum absolute atomic E-state index is 6.46. The van der Waals surface area contributed by atoms with Crippen molar-refractivity contribution in [3.8, 4) is 0 Å². The van der Waals surface area contributed by atoms with Crippen LogP contribution in [0.2, 0.25) is 5.02 Å². The quantitative estimate of drug-likeness (QED) is 0.605. The van der Waals surface area contributed by atoms with Crippen LogP contribution in [0.15, 0.2) is 69.3 Å². The molecular weight excluding hydrogens is 394 g/mol. The van der Waals surface area contributed by atoms with Gasteiger partial charge in [-0.25, -0.2) is 4.99 Å². The van der Waals surface area contributed by atoms with Crippen LogP contribution in [0.5, 0.6) is 0 Å². The van der Waals surface area contributed by atoms with E-state index in [2.05, 4.69) is 15.6 Å². The molecule has 3 aromatic rings. The number of nitrogens with one attached hydrogen (secondary N) is 2. The van der Waals surface area contributed by atoms with Crippen LogP contribution in [0.3, 0.4) is 0 Å². The highest BCUT2D eigenvalue weighted by molar-refractivity contribution is 6.31. The standard InChI is InChI=1S/C20H20ClN5O3/c1-12-18(26(27-2)28-3)17(13-8-4-5-9-14(13)21)24-19(22-12)25-20-23-15-10-6-7-11-16(15)29-20/h4-11,17H,1-3H3,(H2,22,23,24,25). The Morgan fingerprint density at radius 1 is 1.10 bits per heavy atom. The fourth-order valence-electron chi connectivity index (χ4n) is 3.18. The second kappa shape index (κ2) is 8.12. The Bertz CT molecular complexity index is 1060. The summed E-state index contributed by atoms with van der Waals surface area (Å²) in [7, 11) is 3.03. The zero-order valence-electron chi connectivity index (χ0n) is 16.1. The number of aliphatic imine (C=N–C) groups is 1. The van der Waals surface area contributed by atoms with Gasteiger partial charge in [-0.05, 0) is 25.1 Å². The fourth-order valence-corrected chi connectivity index (χ4v) is 3.42. The van der Waals surface area contributed by atoms with E-state index < -0.39 is 6.04 Å². The Morgan fingerprint density at radius 2 is 1.83 bits per heavy atom. The molecule has 2 aromatic carbocycles. The molecule has 0 amide bonds. The molecule has 0 saturated heterocycles. The van der Waals surface area contributed by atoms with Gasteiger partial charge in [-0.15, -0.1) is 5.23 Å². The van der Waals surface area contributed by atoms with E-state index in [1.807, 2.05) is 55.5 Å². The molecule has 4 rings (SSSR count). The molecule has 0 aliphatic carbocycles. The highest BCUT2D eigenvalue weighted by Gasteiger charge is 2.31. The van der Waals surface area contributed by atoms with Gasteiger partial charge in [0.15, 0.2) is 5.58 Å². The number of fused-ring (bicyclic) bond motifs is 1. The smallest absolute Gasteiger partial charge is 0.302 e. The molecule has 1 atom stereocenters. The molecule has 9 heteroatoms. The van der Waals surface area contributed by atoms with Gasteiger partial charge in [0, 0.05) is 16.3 Å². The Balaban J connectivity index is 1.72. The van der Waals surface area contributed by atoms with E-state index in [9.17, 15) is 0 Å². The minimum absolute atomic E-state index is 0.335. The average Bonchev–Trinajstić information content (AvgIpc) is 3.12. The van der Waals surface area contributed by atoms with Gasteiger partial charge in [0.05, 0.1) is 14.2 Å². The van der Waals surface area contributed by atoms with Crippen molar-refractivity contribution in [2.45, 2.75) is 13.0 Å². The number of rotatable bonds is 5. The van der Waals surface area contributed by atoms with E-state index >= 15 is 0 Å². The molecule has 0 bridgehead atoms. The lowest BCUT2D eigenvalue weighted by Crippen LogP contribution is -2.39. The highest BCUT2D eigenvalue weighted by Crippen LogP contribution is 2.36.